The summed E-state index contributed by atoms with van der Waals surface area (Å²) in [5.74, 6) is 1.01. The van der Waals surface area contributed by atoms with Crippen LogP contribution in [0.1, 0.15) is 34.2 Å². The molecule has 1 aliphatic carbocycles. The van der Waals surface area contributed by atoms with Crippen molar-refractivity contribution in [1.29, 1.82) is 0 Å². The second-order valence-corrected chi connectivity index (χ2v) is 12.4. The summed E-state index contributed by atoms with van der Waals surface area (Å²) in [6, 6.07) is 17.0. The Labute approximate surface area is 247 Å². The second kappa shape index (κ2) is 10.7. The number of aliphatic carboxylic acids is 1. The number of fused-ring (bicyclic) bond motifs is 2. The molecule has 1 saturated carbocycles. The van der Waals surface area contributed by atoms with Gasteiger partial charge in [-0.1, -0.05) is 30.3 Å². The van der Waals surface area contributed by atoms with Gasteiger partial charge in [-0.15, -0.1) is 0 Å². The van der Waals surface area contributed by atoms with E-state index < -0.39 is 11.4 Å². The van der Waals surface area contributed by atoms with Gasteiger partial charge in [0.2, 0.25) is 0 Å². The molecular weight excluding hydrogens is 530 g/mol. The van der Waals surface area contributed by atoms with Crippen molar-refractivity contribution in [2.45, 2.75) is 51.9 Å². The molecule has 2 aromatic carbocycles. The zero-order chi connectivity index (χ0) is 29.0. The first kappa shape index (κ1) is 27.4. The molecule has 0 bridgehead atoms. The number of para-hydroxylation sites is 1. The first-order valence-electron chi connectivity index (χ1n) is 15.0. The van der Waals surface area contributed by atoms with Gasteiger partial charge in [0.05, 0.1) is 43.0 Å². The van der Waals surface area contributed by atoms with E-state index in [9.17, 15) is 9.90 Å². The Bertz CT molecular complexity index is 1520. The fourth-order valence-corrected chi connectivity index (χ4v) is 7.42. The second-order valence-electron chi connectivity index (χ2n) is 12.4. The SMILES string of the molecule is COC[C@H]1N(c2cccc(-c3cccc(C)c3OCc3ccc4c(c3C)CCN(C3COC3)C4)n2)C[C@@H]2C[C@@]21C(=O)O. The number of nitrogens with zero attached hydrogens (tertiary/aromatic N) is 3. The molecule has 4 aliphatic rings. The predicted octanol–water partition coefficient (Wildman–Crippen LogP) is 4.63. The molecule has 1 N–H and O–H groups in total. The molecule has 4 heterocycles. The number of pyridine rings is 1. The average Bonchev–Trinajstić information content (AvgIpc) is 3.61. The van der Waals surface area contributed by atoms with Gasteiger partial charge in [0.15, 0.2) is 0 Å². The van der Waals surface area contributed by atoms with Crippen LogP contribution in [0.15, 0.2) is 48.5 Å². The average molecular weight is 570 g/mol. The van der Waals surface area contributed by atoms with E-state index in [1.165, 1.54) is 22.3 Å². The summed E-state index contributed by atoms with van der Waals surface area (Å²) >= 11 is 0. The Kier molecular flexibility index (Phi) is 6.95. The topological polar surface area (TPSA) is 84.4 Å². The molecule has 0 radical (unpaired) electrons. The quantitative estimate of drug-likeness (QED) is 0.400. The molecule has 7 rings (SSSR count). The van der Waals surface area contributed by atoms with E-state index in [4.69, 9.17) is 19.2 Å². The first-order valence-corrected chi connectivity index (χ1v) is 15.0. The molecule has 1 aromatic heterocycles. The summed E-state index contributed by atoms with van der Waals surface area (Å²) in [4.78, 5) is 21.9. The number of ether oxygens (including phenoxy) is 3. The Hall–Kier alpha value is -3.46. The van der Waals surface area contributed by atoms with Gasteiger partial charge in [-0.2, -0.15) is 0 Å². The van der Waals surface area contributed by atoms with Gasteiger partial charge in [0.25, 0.3) is 0 Å². The van der Waals surface area contributed by atoms with Gasteiger partial charge >= 0.3 is 5.97 Å². The maximum Gasteiger partial charge on any atom is 0.312 e. The fourth-order valence-electron chi connectivity index (χ4n) is 7.42. The highest BCUT2D eigenvalue weighted by atomic mass is 16.5. The van der Waals surface area contributed by atoms with E-state index in [0.717, 1.165) is 61.1 Å². The summed E-state index contributed by atoms with van der Waals surface area (Å²) in [5, 5.41) is 10.0. The highest BCUT2D eigenvalue weighted by Gasteiger charge is 2.71. The standard InChI is InChI=1S/C34H39N3O5/c1-21-6-4-7-28(29-8-5-9-31(35-29)37-16-25-14-34(25,33(38)39)30(37)20-40-3)32(21)42-17-24-11-10-23-15-36(26-18-41-19-26)13-12-27(23)22(24)2/h4-11,25-26,30H,12-20H2,1-3H3,(H,38,39)/t25-,30+,34+/m0/s1. The lowest BCUT2D eigenvalue weighted by molar-refractivity contribution is -0.144. The molecule has 8 nitrogen and oxygen atoms in total. The van der Waals surface area contributed by atoms with Crippen molar-refractivity contribution in [3.63, 3.8) is 0 Å². The smallest absolute Gasteiger partial charge is 0.312 e. The number of aryl methyl sites for hydroxylation is 1. The largest absolute Gasteiger partial charge is 0.488 e. The van der Waals surface area contributed by atoms with E-state index in [1.807, 2.05) is 24.3 Å². The Balaban J connectivity index is 1.13. The number of rotatable bonds is 9. The molecule has 3 aliphatic heterocycles. The number of anilines is 1. The molecule has 3 aromatic rings. The van der Waals surface area contributed by atoms with Crippen molar-refractivity contribution < 1.29 is 24.1 Å². The first-order chi connectivity index (χ1) is 20.4. The van der Waals surface area contributed by atoms with Gasteiger partial charge < -0.3 is 24.2 Å². The van der Waals surface area contributed by atoms with E-state index in [-0.39, 0.29) is 12.0 Å². The molecule has 0 unspecified atom stereocenters. The summed E-state index contributed by atoms with van der Waals surface area (Å²) in [7, 11) is 1.63. The van der Waals surface area contributed by atoms with E-state index in [1.54, 1.807) is 7.11 Å². The van der Waals surface area contributed by atoms with Crippen LogP contribution >= 0.6 is 0 Å². The Morgan fingerprint density at radius 1 is 1.14 bits per heavy atom. The van der Waals surface area contributed by atoms with Crippen LogP contribution in [0.25, 0.3) is 11.3 Å². The minimum absolute atomic E-state index is 0.133. The molecule has 3 atom stereocenters. The molecule has 220 valence electrons. The highest BCUT2D eigenvalue weighted by Crippen LogP contribution is 2.62. The fraction of sp³-hybridized carbons (Fsp3) is 0.471. The zero-order valence-electron chi connectivity index (χ0n) is 24.6. The molecule has 2 saturated heterocycles. The maximum atomic E-state index is 12.2. The van der Waals surface area contributed by atoms with Gasteiger partial charge in [-0.3, -0.25) is 9.69 Å². The molecule has 0 amide bonds. The maximum absolute atomic E-state index is 12.2. The lowest BCUT2D eigenvalue weighted by Gasteiger charge is -2.40. The number of carboxylic acids is 1. The summed E-state index contributed by atoms with van der Waals surface area (Å²) in [6.45, 7) is 9.60. The van der Waals surface area contributed by atoms with Crippen molar-refractivity contribution in [2.24, 2.45) is 11.3 Å². The van der Waals surface area contributed by atoms with Crippen LogP contribution in [-0.4, -0.2) is 73.1 Å². The van der Waals surface area contributed by atoms with Crippen molar-refractivity contribution >= 4 is 11.8 Å². The summed E-state index contributed by atoms with van der Waals surface area (Å²) in [6.07, 6.45) is 1.76. The van der Waals surface area contributed by atoms with Crippen LogP contribution in [0, 0.1) is 25.2 Å². The lowest BCUT2D eigenvalue weighted by Crippen LogP contribution is -2.50. The van der Waals surface area contributed by atoms with Crippen molar-refractivity contribution in [2.75, 3.05) is 44.9 Å². The van der Waals surface area contributed by atoms with Crippen molar-refractivity contribution in [3.05, 3.63) is 76.3 Å². The minimum Gasteiger partial charge on any atom is -0.488 e. The van der Waals surface area contributed by atoms with Crippen LogP contribution in [0.2, 0.25) is 0 Å². The van der Waals surface area contributed by atoms with Gasteiger partial charge in [0, 0.05) is 32.3 Å². The van der Waals surface area contributed by atoms with E-state index >= 15 is 0 Å². The third-order valence-electron chi connectivity index (χ3n) is 10.1. The van der Waals surface area contributed by atoms with Gasteiger partial charge in [0.1, 0.15) is 18.2 Å². The third-order valence-corrected chi connectivity index (χ3v) is 10.1. The van der Waals surface area contributed by atoms with Crippen molar-refractivity contribution in [1.82, 2.24) is 9.88 Å². The molecular formula is C34H39N3O5. The van der Waals surface area contributed by atoms with E-state index in [0.29, 0.717) is 32.2 Å². The molecule has 42 heavy (non-hydrogen) atoms. The number of aromatic nitrogens is 1. The number of hydrogen-bond acceptors (Lipinski definition) is 7. The summed E-state index contributed by atoms with van der Waals surface area (Å²) in [5.41, 5.74) is 7.49. The normalized spacial score (nSPS) is 25.1. The zero-order valence-corrected chi connectivity index (χ0v) is 24.6. The number of piperidine rings is 1. The highest BCUT2D eigenvalue weighted by molar-refractivity contribution is 5.82. The van der Waals surface area contributed by atoms with Crippen LogP contribution in [0.4, 0.5) is 5.82 Å². The van der Waals surface area contributed by atoms with Gasteiger partial charge in [-0.25, -0.2) is 4.98 Å². The minimum atomic E-state index is -0.734. The monoisotopic (exact) mass is 569 g/mol. The molecule has 8 heteroatoms. The number of benzene rings is 2. The van der Waals surface area contributed by atoms with Crippen LogP contribution < -0.4 is 9.64 Å². The number of carboxylic acid groups (broad SMARTS) is 1. The number of hydrogen-bond donors (Lipinski definition) is 1. The molecule has 3 fully saturated rings. The lowest BCUT2D eigenvalue weighted by atomic mass is 9.91. The predicted molar refractivity (Wildman–Crippen MR) is 160 cm³/mol. The third kappa shape index (κ3) is 4.48. The van der Waals surface area contributed by atoms with Crippen LogP contribution in [-0.2, 0) is 33.8 Å². The van der Waals surface area contributed by atoms with Gasteiger partial charge in [-0.05, 0) is 78.6 Å². The Morgan fingerprint density at radius 3 is 2.74 bits per heavy atom. The van der Waals surface area contributed by atoms with Crippen LogP contribution in [0.5, 0.6) is 5.75 Å². The van der Waals surface area contributed by atoms with Crippen molar-refractivity contribution in [3.8, 4) is 17.0 Å². The van der Waals surface area contributed by atoms with Crippen LogP contribution in [0.3, 0.4) is 0 Å². The summed E-state index contributed by atoms with van der Waals surface area (Å²) < 4.78 is 17.5. The van der Waals surface area contributed by atoms with E-state index in [2.05, 4.69) is 47.9 Å². The number of carbonyl (C=O) groups is 1. The Morgan fingerprint density at radius 2 is 1.98 bits per heavy atom. The molecule has 0 spiro atoms. The number of methoxy groups -OCH3 is 1.